The Morgan fingerprint density at radius 2 is 2.07 bits per heavy atom. The van der Waals surface area contributed by atoms with Crippen molar-refractivity contribution < 1.29 is 4.21 Å². The van der Waals surface area contributed by atoms with Gasteiger partial charge in [-0.3, -0.25) is 4.21 Å². The van der Waals surface area contributed by atoms with E-state index in [0.29, 0.717) is 6.04 Å². The highest BCUT2D eigenvalue weighted by atomic mass is 32.2. The van der Waals surface area contributed by atoms with E-state index in [-0.39, 0.29) is 0 Å². The van der Waals surface area contributed by atoms with E-state index >= 15 is 0 Å². The number of hydrogen-bond donors (Lipinski definition) is 1. The van der Waals surface area contributed by atoms with Crippen LogP contribution in [0.5, 0.6) is 0 Å². The minimum Gasteiger partial charge on any atom is -0.309 e. The molecule has 0 bridgehead atoms. The molecule has 1 aromatic rings. The third-order valence-electron chi connectivity index (χ3n) is 2.50. The van der Waals surface area contributed by atoms with E-state index in [1.165, 1.54) is 11.1 Å². The minimum absolute atomic E-state index is 0.328. The number of nitrogens with one attached hydrogen (secondary N) is 1. The Hall–Kier alpha value is -0.670. The van der Waals surface area contributed by atoms with Gasteiger partial charge in [0, 0.05) is 35.4 Å². The lowest BCUT2D eigenvalue weighted by molar-refractivity contribution is 0.594. The number of hydrogen-bond acceptors (Lipinski definition) is 2. The second-order valence-electron chi connectivity index (χ2n) is 3.81. The molecule has 0 aliphatic heterocycles. The average molecular weight is 225 g/mol. The molecule has 0 aliphatic rings. The second kappa shape index (κ2) is 6.03. The van der Waals surface area contributed by atoms with Crippen molar-refractivity contribution in [2.45, 2.75) is 19.9 Å². The van der Waals surface area contributed by atoms with Crippen LogP contribution in [0, 0.1) is 6.92 Å². The van der Waals surface area contributed by atoms with Gasteiger partial charge in [0.25, 0.3) is 0 Å². The van der Waals surface area contributed by atoms with E-state index in [9.17, 15) is 4.21 Å². The van der Waals surface area contributed by atoms with Gasteiger partial charge < -0.3 is 5.32 Å². The van der Waals surface area contributed by atoms with Gasteiger partial charge in [0.05, 0.1) is 0 Å². The predicted molar refractivity (Wildman–Crippen MR) is 66.5 cm³/mol. The number of rotatable bonds is 5. The van der Waals surface area contributed by atoms with E-state index in [1.54, 1.807) is 6.26 Å². The first kappa shape index (κ1) is 12.4. The van der Waals surface area contributed by atoms with Gasteiger partial charge in [0.15, 0.2) is 0 Å². The molecule has 0 spiro atoms. The third kappa shape index (κ3) is 4.14. The molecule has 0 saturated heterocycles. The van der Waals surface area contributed by atoms with E-state index in [4.69, 9.17) is 0 Å². The van der Waals surface area contributed by atoms with Crippen molar-refractivity contribution in [3.05, 3.63) is 35.4 Å². The van der Waals surface area contributed by atoms with Gasteiger partial charge in [0.1, 0.15) is 0 Å². The molecule has 1 rings (SSSR count). The van der Waals surface area contributed by atoms with E-state index in [0.717, 1.165) is 12.3 Å². The Labute approximate surface area is 94.5 Å². The minimum atomic E-state index is -0.706. The first-order valence-corrected chi connectivity index (χ1v) is 6.93. The Morgan fingerprint density at radius 3 is 2.67 bits per heavy atom. The fraction of sp³-hybridized carbons (Fsp3) is 0.500. The smallest absolute Gasteiger partial charge is 0.0357 e. The van der Waals surface area contributed by atoms with Crippen molar-refractivity contribution in [2.75, 3.05) is 18.6 Å². The van der Waals surface area contributed by atoms with Crippen molar-refractivity contribution in [1.29, 1.82) is 0 Å². The van der Waals surface area contributed by atoms with Gasteiger partial charge in [-0.25, -0.2) is 0 Å². The molecule has 2 atom stereocenters. The van der Waals surface area contributed by atoms with Gasteiger partial charge in [-0.05, 0) is 25.0 Å². The summed E-state index contributed by atoms with van der Waals surface area (Å²) in [4.78, 5) is 0. The summed E-state index contributed by atoms with van der Waals surface area (Å²) in [6.07, 6.45) is 1.74. The van der Waals surface area contributed by atoms with Crippen LogP contribution >= 0.6 is 0 Å². The summed E-state index contributed by atoms with van der Waals surface area (Å²) in [6.45, 7) is 5.06. The van der Waals surface area contributed by atoms with Crippen LogP contribution in [0.4, 0.5) is 0 Å². The molecular weight excluding hydrogens is 206 g/mol. The summed E-state index contributed by atoms with van der Waals surface area (Å²) in [7, 11) is -0.706. The van der Waals surface area contributed by atoms with Crippen LogP contribution in [0.25, 0.3) is 0 Å². The maximum absolute atomic E-state index is 10.9. The van der Waals surface area contributed by atoms with Crippen LogP contribution in [0.1, 0.15) is 24.1 Å². The molecule has 2 nitrogen and oxygen atoms in total. The van der Waals surface area contributed by atoms with Crippen LogP contribution in [0.2, 0.25) is 0 Å². The van der Waals surface area contributed by atoms with Crippen LogP contribution in [-0.2, 0) is 10.8 Å². The Morgan fingerprint density at radius 1 is 1.40 bits per heavy atom. The van der Waals surface area contributed by atoms with Gasteiger partial charge in [-0.2, -0.15) is 0 Å². The highest BCUT2D eigenvalue weighted by Gasteiger charge is 2.06. The zero-order chi connectivity index (χ0) is 11.3. The maximum atomic E-state index is 10.9. The average Bonchev–Trinajstić information content (AvgIpc) is 2.17. The normalized spacial score (nSPS) is 14.9. The summed E-state index contributed by atoms with van der Waals surface area (Å²) in [5, 5.41) is 3.38. The lowest BCUT2D eigenvalue weighted by Gasteiger charge is -2.15. The first-order chi connectivity index (χ1) is 7.11. The first-order valence-electron chi connectivity index (χ1n) is 5.20. The van der Waals surface area contributed by atoms with Crippen molar-refractivity contribution in [2.24, 2.45) is 0 Å². The summed E-state index contributed by atoms with van der Waals surface area (Å²) in [5.74, 6) is 0.718. The SMILES string of the molecule is Cc1ccccc1C(C)NCCS(C)=O. The van der Waals surface area contributed by atoms with Crippen LogP contribution in [-0.4, -0.2) is 22.8 Å². The molecule has 1 N–H and O–H groups in total. The maximum Gasteiger partial charge on any atom is 0.0357 e. The number of aryl methyl sites for hydroxylation is 1. The molecule has 0 radical (unpaired) electrons. The largest absolute Gasteiger partial charge is 0.309 e. The standard InChI is InChI=1S/C12H19NOS/c1-10-6-4-5-7-12(10)11(2)13-8-9-15(3)14/h4-7,11,13H,8-9H2,1-3H3. The molecule has 0 heterocycles. The van der Waals surface area contributed by atoms with E-state index in [1.807, 2.05) is 6.07 Å². The summed E-state index contributed by atoms with van der Waals surface area (Å²) in [5.41, 5.74) is 2.62. The second-order valence-corrected chi connectivity index (χ2v) is 5.36. The fourth-order valence-corrected chi connectivity index (χ4v) is 2.01. The van der Waals surface area contributed by atoms with Crippen LogP contribution < -0.4 is 5.32 Å². The Bertz CT molecular complexity index is 338. The molecule has 15 heavy (non-hydrogen) atoms. The quantitative estimate of drug-likeness (QED) is 0.830. The van der Waals surface area contributed by atoms with Gasteiger partial charge in [0.2, 0.25) is 0 Å². The monoisotopic (exact) mass is 225 g/mol. The van der Waals surface area contributed by atoms with Crippen molar-refractivity contribution in [3.8, 4) is 0 Å². The zero-order valence-electron chi connectivity index (χ0n) is 9.62. The fourth-order valence-electron chi connectivity index (χ4n) is 1.60. The molecule has 1 aromatic carbocycles. The predicted octanol–water partition coefficient (Wildman–Crippen LogP) is 2.02. The molecule has 2 unspecified atom stereocenters. The van der Waals surface area contributed by atoms with Crippen LogP contribution in [0.3, 0.4) is 0 Å². The van der Waals surface area contributed by atoms with Gasteiger partial charge >= 0.3 is 0 Å². The third-order valence-corrected chi connectivity index (χ3v) is 3.27. The summed E-state index contributed by atoms with van der Waals surface area (Å²) < 4.78 is 10.9. The molecule has 0 aliphatic carbocycles. The van der Waals surface area contributed by atoms with Crippen molar-refractivity contribution in [3.63, 3.8) is 0 Å². The van der Waals surface area contributed by atoms with Crippen LogP contribution in [0.15, 0.2) is 24.3 Å². The molecule has 0 fully saturated rings. The summed E-state index contributed by atoms with van der Waals surface area (Å²) in [6, 6.07) is 8.68. The highest BCUT2D eigenvalue weighted by Crippen LogP contribution is 2.15. The van der Waals surface area contributed by atoms with Crippen molar-refractivity contribution >= 4 is 10.8 Å². The van der Waals surface area contributed by atoms with E-state index in [2.05, 4.69) is 37.4 Å². The lowest BCUT2D eigenvalue weighted by Crippen LogP contribution is -2.24. The Kier molecular flexibility index (Phi) is 4.99. The van der Waals surface area contributed by atoms with Gasteiger partial charge in [-0.1, -0.05) is 24.3 Å². The topological polar surface area (TPSA) is 29.1 Å². The lowest BCUT2D eigenvalue weighted by atomic mass is 10.0. The van der Waals surface area contributed by atoms with E-state index < -0.39 is 10.8 Å². The summed E-state index contributed by atoms with van der Waals surface area (Å²) >= 11 is 0. The van der Waals surface area contributed by atoms with Gasteiger partial charge in [-0.15, -0.1) is 0 Å². The Balaban J connectivity index is 2.50. The molecular formula is C12H19NOS. The van der Waals surface area contributed by atoms with Crippen molar-refractivity contribution in [1.82, 2.24) is 5.32 Å². The molecule has 0 amide bonds. The molecule has 84 valence electrons. The molecule has 0 aromatic heterocycles. The highest BCUT2D eigenvalue weighted by molar-refractivity contribution is 7.84. The zero-order valence-corrected chi connectivity index (χ0v) is 10.4. The molecule has 3 heteroatoms. The molecule has 0 saturated carbocycles. The number of benzene rings is 1.